The molecule has 0 atom stereocenters. The van der Waals surface area contributed by atoms with Crippen LogP contribution in [0.5, 0.6) is 5.75 Å². The highest BCUT2D eigenvalue weighted by atomic mass is 35.5. The summed E-state index contributed by atoms with van der Waals surface area (Å²) in [7, 11) is -26.4. The van der Waals surface area contributed by atoms with Gasteiger partial charge in [0, 0.05) is 16.5 Å². The molecule has 1 aromatic heterocycles. The van der Waals surface area contributed by atoms with Gasteiger partial charge in [-0.2, -0.15) is 57.0 Å². The number of benzene rings is 5. The van der Waals surface area contributed by atoms with Crippen LogP contribution < -0.4 is 11.1 Å². The van der Waals surface area contributed by atoms with E-state index < -0.39 is 131 Å². The van der Waals surface area contributed by atoms with Crippen LogP contribution in [-0.2, 0) is 50.6 Å². The molecule has 6 rings (SSSR count). The summed E-state index contributed by atoms with van der Waals surface area (Å²) in [5.74, 6) is -1.61. The van der Waals surface area contributed by atoms with Gasteiger partial charge < -0.3 is 16.2 Å². The van der Waals surface area contributed by atoms with E-state index in [-0.39, 0.29) is 22.2 Å². The Morgan fingerprint density at radius 3 is 1.66 bits per heavy atom. The zero-order chi connectivity index (χ0) is 45.2. The zero-order valence-corrected chi connectivity index (χ0v) is 34.6. The molecule has 0 amide bonds. The van der Waals surface area contributed by atoms with Gasteiger partial charge in [0.1, 0.15) is 47.2 Å². The van der Waals surface area contributed by atoms with E-state index in [2.05, 4.69) is 40.7 Å². The summed E-state index contributed by atoms with van der Waals surface area (Å²) in [6.07, 6.45) is 0. The van der Waals surface area contributed by atoms with E-state index in [1.165, 1.54) is 0 Å². The van der Waals surface area contributed by atoms with Crippen molar-refractivity contribution in [2.24, 2.45) is 20.5 Å². The monoisotopic (exact) mass is 979 g/mol. The van der Waals surface area contributed by atoms with E-state index in [0.717, 1.165) is 48.5 Å². The number of halogens is 2. The average molecular weight is 981 g/mol. The van der Waals surface area contributed by atoms with Gasteiger partial charge in [-0.1, -0.05) is 18.2 Å². The van der Waals surface area contributed by atoms with Crippen LogP contribution in [0.4, 0.5) is 40.1 Å². The summed E-state index contributed by atoms with van der Waals surface area (Å²) in [5.41, 5.74) is 1.30. The number of azo groups is 2. The third kappa shape index (κ3) is 9.33. The molecule has 61 heavy (non-hydrogen) atoms. The number of rotatable bonds is 11. The van der Waals surface area contributed by atoms with Crippen molar-refractivity contribution < 1.29 is 70.0 Å². The smallest absolute Gasteiger partial charge is 0.297 e. The van der Waals surface area contributed by atoms with Crippen LogP contribution in [0.3, 0.4) is 0 Å². The fourth-order valence-electron chi connectivity index (χ4n) is 5.58. The number of nitrogens with zero attached hydrogens (tertiary/aromatic N) is 7. The molecule has 1 heterocycles. The molecular weight excluding hydrogens is 962 g/mol. The topological polar surface area (TPSA) is 418 Å². The second-order valence-corrected chi connectivity index (χ2v) is 19.4. The van der Waals surface area contributed by atoms with Crippen molar-refractivity contribution in [3.8, 4) is 5.75 Å². The van der Waals surface area contributed by atoms with Crippen LogP contribution in [-0.4, -0.2) is 84.9 Å². The molecular formula is C29H19Cl2N9O16S5. The summed E-state index contributed by atoms with van der Waals surface area (Å²) in [6, 6.07) is 8.37. The molecule has 0 aliphatic rings. The van der Waals surface area contributed by atoms with Crippen molar-refractivity contribution in [1.82, 2.24) is 15.0 Å². The summed E-state index contributed by atoms with van der Waals surface area (Å²) in [4.78, 5) is 5.66. The Bertz CT molecular complexity index is 3520. The Balaban J connectivity index is 1.59. The standard InChI is InChI=1S/C29H19Cl2N9O16S5/c30-27-34-28(31)36-29(35-27)33-12-4-7-18(58(45,46)47)16(10-12)38-40-24-20(60(51,52)53)9-11-8-19(59(48,49)50)23(22(32)21(11)25(24)41)39-37-15-6-5-13-14(26(15)61(54,55)56)2-1-3-17(13)57(42,43)44/h1-10,41H,32H2,(H,42,43,44)(H,45,46,47)(H,48,49,50)(H,51,52,53)(H,54,55,56)(H,33,34,35,36)/b39-37+,40-38+. The molecule has 9 N–H and O–H groups in total. The Hall–Kier alpha value is -5.64. The highest BCUT2D eigenvalue weighted by molar-refractivity contribution is 7.87. The number of hydrogen-bond donors (Lipinski definition) is 8. The molecule has 0 aliphatic carbocycles. The first kappa shape index (κ1) is 44.9. The highest BCUT2D eigenvalue weighted by Gasteiger charge is 2.29. The minimum absolute atomic E-state index is 0.0863. The fraction of sp³-hybridized carbons (Fsp3) is 0. The Labute approximate surface area is 351 Å². The number of nitrogen functional groups attached to an aromatic ring is 1. The summed E-state index contributed by atoms with van der Waals surface area (Å²) in [5, 5.41) is 25.4. The van der Waals surface area contributed by atoms with Crippen LogP contribution >= 0.6 is 23.2 Å². The van der Waals surface area contributed by atoms with E-state index in [4.69, 9.17) is 28.9 Å². The SMILES string of the molecule is Nc1c(/N=N/c2ccc3c(S(=O)(=O)O)cccc3c2S(=O)(=O)O)c(S(=O)(=O)O)cc2cc(S(=O)(=O)O)c(/N=N/c3cc(Nc4nc(Cl)nc(Cl)n4)ccc3S(=O)(=O)O)c(O)c12. The van der Waals surface area contributed by atoms with Gasteiger partial charge in [-0.05, 0) is 71.1 Å². The van der Waals surface area contributed by atoms with Gasteiger partial charge in [0.05, 0.1) is 11.1 Å². The second kappa shape index (κ2) is 15.7. The summed E-state index contributed by atoms with van der Waals surface area (Å²) in [6.45, 7) is 0. The molecule has 0 saturated carbocycles. The van der Waals surface area contributed by atoms with Gasteiger partial charge in [-0.3, -0.25) is 22.8 Å². The van der Waals surface area contributed by atoms with E-state index in [1.807, 2.05) is 0 Å². The Morgan fingerprint density at radius 2 is 1.10 bits per heavy atom. The molecule has 0 aliphatic heterocycles. The maximum Gasteiger partial charge on any atom is 0.297 e. The number of nitrogens with one attached hydrogen (secondary N) is 1. The molecule has 5 aromatic carbocycles. The van der Waals surface area contributed by atoms with Crippen molar-refractivity contribution in [3.05, 3.63) is 71.2 Å². The lowest BCUT2D eigenvalue weighted by Crippen LogP contribution is -2.04. The van der Waals surface area contributed by atoms with Crippen LogP contribution in [0.1, 0.15) is 0 Å². The number of anilines is 3. The van der Waals surface area contributed by atoms with Gasteiger partial charge in [0.15, 0.2) is 5.75 Å². The largest absolute Gasteiger partial charge is 0.505 e. The number of aromatic hydroxyl groups is 1. The minimum Gasteiger partial charge on any atom is -0.505 e. The molecule has 320 valence electrons. The van der Waals surface area contributed by atoms with Crippen molar-refractivity contribution in [2.75, 3.05) is 11.1 Å². The molecule has 0 spiro atoms. The number of aromatic nitrogens is 3. The maximum atomic E-state index is 12.6. The highest BCUT2D eigenvalue weighted by Crippen LogP contribution is 2.49. The molecule has 0 bridgehead atoms. The minimum atomic E-state index is -5.48. The zero-order valence-electron chi connectivity index (χ0n) is 29.0. The lowest BCUT2D eigenvalue weighted by atomic mass is 10.1. The first-order chi connectivity index (χ1) is 28.1. The molecule has 6 aromatic rings. The van der Waals surface area contributed by atoms with Crippen LogP contribution in [0.2, 0.25) is 10.6 Å². The predicted octanol–water partition coefficient (Wildman–Crippen LogP) is 5.58. The number of phenolic OH excluding ortho intramolecular Hbond substituents is 1. The van der Waals surface area contributed by atoms with Crippen molar-refractivity contribution in [1.29, 1.82) is 0 Å². The number of hydrogen-bond acceptors (Lipinski definition) is 20. The van der Waals surface area contributed by atoms with Gasteiger partial charge in [0.25, 0.3) is 50.6 Å². The van der Waals surface area contributed by atoms with Crippen molar-refractivity contribution >= 4 is 135 Å². The Morgan fingerprint density at radius 1 is 0.557 bits per heavy atom. The van der Waals surface area contributed by atoms with Crippen LogP contribution in [0, 0.1) is 0 Å². The van der Waals surface area contributed by atoms with E-state index in [1.54, 1.807) is 0 Å². The maximum absolute atomic E-state index is 12.6. The third-order valence-electron chi connectivity index (χ3n) is 7.95. The number of nitrogens with two attached hydrogens (primary N) is 1. The first-order valence-electron chi connectivity index (χ1n) is 15.4. The quantitative estimate of drug-likeness (QED) is 0.0446. The van der Waals surface area contributed by atoms with Gasteiger partial charge in [0.2, 0.25) is 16.5 Å². The lowest BCUT2D eigenvalue weighted by Gasteiger charge is -2.14. The normalized spacial score (nSPS) is 13.2. The molecule has 0 fully saturated rings. The molecule has 0 unspecified atom stereocenters. The molecule has 32 heteroatoms. The Kier molecular flexibility index (Phi) is 11.5. The van der Waals surface area contributed by atoms with Crippen molar-refractivity contribution in [3.63, 3.8) is 0 Å². The van der Waals surface area contributed by atoms with Crippen LogP contribution in [0.25, 0.3) is 21.5 Å². The second-order valence-electron chi connectivity index (χ2n) is 11.9. The fourth-order valence-corrected chi connectivity index (χ4v) is 9.41. The van der Waals surface area contributed by atoms with E-state index >= 15 is 0 Å². The molecule has 0 saturated heterocycles. The number of phenols is 1. The third-order valence-corrected chi connectivity index (χ3v) is 12.8. The van der Waals surface area contributed by atoms with Gasteiger partial charge in [-0.25, -0.2) is 0 Å². The molecule has 25 nitrogen and oxygen atoms in total. The van der Waals surface area contributed by atoms with Gasteiger partial charge >= 0.3 is 0 Å². The van der Waals surface area contributed by atoms with Crippen molar-refractivity contribution in [2.45, 2.75) is 24.5 Å². The van der Waals surface area contributed by atoms with Gasteiger partial charge in [-0.15, -0.1) is 20.5 Å². The predicted molar refractivity (Wildman–Crippen MR) is 211 cm³/mol. The number of fused-ring (bicyclic) bond motifs is 2. The summed E-state index contributed by atoms with van der Waals surface area (Å²) >= 11 is 11.5. The lowest BCUT2D eigenvalue weighted by molar-refractivity contribution is 0.472. The average Bonchev–Trinajstić information content (AvgIpc) is 3.10. The van der Waals surface area contributed by atoms with Crippen LogP contribution in [0.15, 0.2) is 106 Å². The van der Waals surface area contributed by atoms with E-state index in [9.17, 15) is 70.0 Å². The molecule has 0 radical (unpaired) electrons. The summed E-state index contributed by atoms with van der Waals surface area (Å²) < 4.78 is 174. The first-order valence-corrected chi connectivity index (χ1v) is 23.4. The van der Waals surface area contributed by atoms with E-state index in [0.29, 0.717) is 12.1 Å².